The Morgan fingerprint density at radius 2 is 1.94 bits per heavy atom. The first-order valence-electron chi connectivity index (χ1n) is 5.79. The van der Waals surface area contributed by atoms with E-state index in [4.69, 9.17) is 5.73 Å². The molecule has 0 spiro atoms. The molecule has 5 nitrogen and oxygen atoms in total. The van der Waals surface area contributed by atoms with Crippen molar-refractivity contribution in [1.82, 2.24) is 15.0 Å². The third kappa shape index (κ3) is 2.94. The minimum Gasteiger partial charge on any atom is -0.384 e. The Bertz CT molecular complexity index is 533. The van der Waals surface area contributed by atoms with Gasteiger partial charge in [0.15, 0.2) is 0 Å². The van der Waals surface area contributed by atoms with Crippen LogP contribution in [0.5, 0.6) is 0 Å². The van der Waals surface area contributed by atoms with Gasteiger partial charge in [-0.2, -0.15) is 0 Å². The summed E-state index contributed by atoms with van der Waals surface area (Å²) in [6.45, 7) is 4.51. The summed E-state index contributed by atoms with van der Waals surface area (Å²) < 4.78 is 0. The van der Waals surface area contributed by atoms with Crippen LogP contribution in [0.25, 0.3) is 0 Å². The Hall–Kier alpha value is -2.17. The van der Waals surface area contributed by atoms with Crippen LogP contribution in [-0.4, -0.2) is 22.0 Å². The zero-order chi connectivity index (χ0) is 13.1. The minimum absolute atomic E-state index is 0.488. The van der Waals surface area contributed by atoms with E-state index in [2.05, 4.69) is 15.0 Å². The van der Waals surface area contributed by atoms with Crippen LogP contribution in [0.4, 0.5) is 11.6 Å². The molecule has 5 heteroatoms. The zero-order valence-corrected chi connectivity index (χ0v) is 10.9. The van der Waals surface area contributed by atoms with Crippen LogP contribution >= 0.6 is 0 Å². The number of rotatable bonds is 3. The number of hydrogen-bond donors (Lipinski definition) is 1. The maximum Gasteiger partial charge on any atom is 0.134 e. The average Bonchev–Trinajstić information content (AvgIpc) is 2.27. The Morgan fingerprint density at radius 1 is 1.17 bits per heavy atom. The summed E-state index contributed by atoms with van der Waals surface area (Å²) in [6.07, 6.45) is 0. The van der Waals surface area contributed by atoms with Crippen LogP contribution in [0.3, 0.4) is 0 Å². The van der Waals surface area contributed by atoms with E-state index in [-0.39, 0.29) is 0 Å². The van der Waals surface area contributed by atoms with Gasteiger partial charge in [-0.25, -0.2) is 9.97 Å². The van der Waals surface area contributed by atoms with Crippen LogP contribution in [0.2, 0.25) is 0 Å². The Balaban J connectivity index is 2.19. The molecule has 0 bridgehead atoms. The van der Waals surface area contributed by atoms with Gasteiger partial charge in [0.05, 0.1) is 12.2 Å². The second-order valence-electron chi connectivity index (χ2n) is 4.32. The zero-order valence-electron chi connectivity index (χ0n) is 10.9. The molecule has 2 aromatic heterocycles. The van der Waals surface area contributed by atoms with Crippen molar-refractivity contribution in [3.05, 3.63) is 41.5 Å². The maximum absolute atomic E-state index is 5.72. The predicted octanol–water partition coefficient (Wildman–Crippen LogP) is 1.71. The topological polar surface area (TPSA) is 67.9 Å². The first kappa shape index (κ1) is 12.3. The molecular weight excluding hydrogens is 226 g/mol. The van der Waals surface area contributed by atoms with Crippen molar-refractivity contribution in [2.24, 2.45) is 0 Å². The van der Waals surface area contributed by atoms with E-state index in [1.54, 1.807) is 6.07 Å². The molecule has 94 valence electrons. The van der Waals surface area contributed by atoms with Crippen LogP contribution in [0.15, 0.2) is 24.3 Å². The molecule has 0 radical (unpaired) electrons. The van der Waals surface area contributed by atoms with Crippen LogP contribution < -0.4 is 10.6 Å². The van der Waals surface area contributed by atoms with Gasteiger partial charge in [0.2, 0.25) is 0 Å². The van der Waals surface area contributed by atoms with E-state index in [1.807, 2.05) is 44.0 Å². The number of pyridine rings is 1. The fraction of sp³-hybridized carbons (Fsp3) is 0.308. The number of hydrogen-bond acceptors (Lipinski definition) is 5. The van der Waals surface area contributed by atoms with Gasteiger partial charge in [-0.15, -0.1) is 0 Å². The van der Waals surface area contributed by atoms with Gasteiger partial charge in [-0.1, -0.05) is 6.07 Å². The van der Waals surface area contributed by atoms with Gasteiger partial charge in [0, 0.05) is 18.8 Å². The number of anilines is 2. The minimum atomic E-state index is 0.488. The number of aromatic nitrogens is 3. The molecule has 0 unspecified atom stereocenters. The van der Waals surface area contributed by atoms with E-state index in [0.717, 1.165) is 17.2 Å². The van der Waals surface area contributed by atoms with Gasteiger partial charge in [0.1, 0.15) is 17.5 Å². The van der Waals surface area contributed by atoms with Crippen molar-refractivity contribution in [2.45, 2.75) is 20.4 Å². The quantitative estimate of drug-likeness (QED) is 0.888. The van der Waals surface area contributed by atoms with E-state index in [0.29, 0.717) is 18.2 Å². The van der Waals surface area contributed by atoms with Gasteiger partial charge < -0.3 is 10.6 Å². The molecule has 0 amide bonds. The van der Waals surface area contributed by atoms with Gasteiger partial charge >= 0.3 is 0 Å². The van der Waals surface area contributed by atoms with E-state index in [1.165, 1.54) is 0 Å². The second-order valence-corrected chi connectivity index (χ2v) is 4.32. The molecule has 0 aromatic carbocycles. The Morgan fingerprint density at radius 3 is 2.61 bits per heavy atom. The summed E-state index contributed by atoms with van der Waals surface area (Å²) in [5, 5.41) is 0. The van der Waals surface area contributed by atoms with Crippen molar-refractivity contribution in [2.75, 3.05) is 17.7 Å². The summed E-state index contributed by atoms with van der Waals surface area (Å²) in [6, 6.07) is 7.76. The first-order chi connectivity index (χ1) is 8.54. The molecule has 2 N–H and O–H groups in total. The SMILES string of the molecule is Cc1cccc(CN(C)c2cc(N)nc(C)n2)n1. The molecule has 2 aromatic rings. The van der Waals surface area contributed by atoms with E-state index in [9.17, 15) is 0 Å². The van der Waals surface area contributed by atoms with Crippen molar-refractivity contribution < 1.29 is 0 Å². The smallest absolute Gasteiger partial charge is 0.134 e. The number of aryl methyl sites for hydroxylation is 2. The summed E-state index contributed by atoms with van der Waals surface area (Å²) in [5.74, 6) is 1.97. The van der Waals surface area contributed by atoms with Gasteiger partial charge in [-0.05, 0) is 26.0 Å². The third-order valence-electron chi connectivity index (χ3n) is 2.58. The van der Waals surface area contributed by atoms with Crippen LogP contribution in [0, 0.1) is 13.8 Å². The number of nitrogens with two attached hydrogens (primary N) is 1. The van der Waals surface area contributed by atoms with Crippen molar-refractivity contribution >= 4 is 11.6 Å². The standard InChI is InChI=1S/C13H17N5/c1-9-5-4-6-11(15-9)8-18(3)13-7-12(14)16-10(2)17-13/h4-7H,8H2,1-3H3,(H2,14,16,17). The normalized spacial score (nSPS) is 10.4. The maximum atomic E-state index is 5.72. The number of nitrogen functional groups attached to an aromatic ring is 1. The molecule has 0 saturated heterocycles. The molecule has 0 atom stereocenters. The summed E-state index contributed by atoms with van der Waals surface area (Å²) in [5.41, 5.74) is 7.74. The summed E-state index contributed by atoms with van der Waals surface area (Å²) >= 11 is 0. The molecule has 0 fully saturated rings. The molecule has 2 rings (SSSR count). The lowest BCUT2D eigenvalue weighted by Gasteiger charge is -2.18. The highest BCUT2D eigenvalue weighted by Crippen LogP contribution is 2.14. The lowest BCUT2D eigenvalue weighted by atomic mass is 10.3. The van der Waals surface area contributed by atoms with Crippen molar-refractivity contribution in [3.63, 3.8) is 0 Å². The van der Waals surface area contributed by atoms with Crippen molar-refractivity contribution in [1.29, 1.82) is 0 Å². The monoisotopic (exact) mass is 243 g/mol. The summed E-state index contributed by atoms with van der Waals surface area (Å²) in [7, 11) is 1.96. The predicted molar refractivity (Wildman–Crippen MR) is 72.3 cm³/mol. The third-order valence-corrected chi connectivity index (χ3v) is 2.58. The molecule has 0 aliphatic carbocycles. The Kier molecular flexibility index (Phi) is 3.41. The van der Waals surface area contributed by atoms with Crippen molar-refractivity contribution in [3.8, 4) is 0 Å². The van der Waals surface area contributed by atoms with Gasteiger partial charge in [0.25, 0.3) is 0 Å². The molecular formula is C13H17N5. The molecule has 2 heterocycles. The van der Waals surface area contributed by atoms with Crippen LogP contribution in [0.1, 0.15) is 17.2 Å². The van der Waals surface area contributed by atoms with Crippen LogP contribution in [-0.2, 0) is 6.54 Å². The fourth-order valence-corrected chi connectivity index (χ4v) is 1.78. The van der Waals surface area contributed by atoms with E-state index >= 15 is 0 Å². The highest BCUT2D eigenvalue weighted by molar-refractivity contribution is 5.46. The average molecular weight is 243 g/mol. The summed E-state index contributed by atoms with van der Waals surface area (Å²) in [4.78, 5) is 14.9. The molecule has 18 heavy (non-hydrogen) atoms. The largest absolute Gasteiger partial charge is 0.384 e. The lowest BCUT2D eigenvalue weighted by Crippen LogP contribution is -2.19. The number of nitrogens with zero attached hydrogens (tertiary/aromatic N) is 4. The first-order valence-corrected chi connectivity index (χ1v) is 5.79. The highest BCUT2D eigenvalue weighted by atomic mass is 15.2. The van der Waals surface area contributed by atoms with E-state index < -0.39 is 0 Å². The molecule has 0 aliphatic rings. The molecule has 0 saturated carbocycles. The molecule has 0 aliphatic heterocycles. The Labute approximate surface area is 107 Å². The van der Waals surface area contributed by atoms with Gasteiger partial charge in [-0.3, -0.25) is 4.98 Å². The second kappa shape index (κ2) is 5.00. The highest BCUT2D eigenvalue weighted by Gasteiger charge is 2.06. The lowest BCUT2D eigenvalue weighted by molar-refractivity contribution is 0.848. The fourth-order valence-electron chi connectivity index (χ4n) is 1.78.